The second-order valence-electron chi connectivity index (χ2n) is 4.64. The first kappa shape index (κ1) is 13.4. The van der Waals surface area contributed by atoms with E-state index in [0.717, 1.165) is 11.4 Å². The molecule has 0 bridgehead atoms. The molecule has 1 aromatic rings. The highest BCUT2D eigenvalue weighted by molar-refractivity contribution is 5.76. The SMILES string of the molecule is Cc1cc(C)nc(NC(CC(C)C)C(=O)O)n1. The second kappa shape index (κ2) is 5.61. The van der Waals surface area contributed by atoms with E-state index in [9.17, 15) is 4.79 Å². The second-order valence-corrected chi connectivity index (χ2v) is 4.64. The van der Waals surface area contributed by atoms with Crippen LogP contribution in [0.3, 0.4) is 0 Å². The molecular formula is C12H19N3O2. The average Bonchev–Trinajstić information content (AvgIpc) is 2.13. The molecule has 1 aromatic heterocycles. The van der Waals surface area contributed by atoms with Gasteiger partial charge in [0.25, 0.3) is 0 Å². The maximum atomic E-state index is 11.1. The quantitative estimate of drug-likeness (QED) is 0.819. The Bertz CT molecular complexity index is 384. The number of nitrogens with zero attached hydrogens (tertiary/aromatic N) is 2. The molecule has 1 atom stereocenters. The monoisotopic (exact) mass is 237 g/mol. The van der Waals surface area contributed by atoms with Crippen molar-refractivity contribution >= 4 is 11.9 Å². The number of rotatable bonds is 5. The summed E-state index contributed by atoms with van der Waals surface area (Å²) in [4.78, 5) is 19.4. The summed E-state index contributed by atoms with van der Waals surface area (Å²) in [5.74, 6) is -0.188. The van der Waals surface area contributed by atoms with E-state index in [2.05, 4.69) is 15.3 Å². The van der Waals surface area contributed by atoms with Gasteiger partial charge in [0.15, 0.2) is 0 Å². The summed E-state index contributed by atoms with van der Waals surface area (Å²) in [6.45, 7) is 7.69. The van der Waals surface area contributed by atoms with Gasteiger partial charge < -0.3 is 10.4 Å². The highest BCUT2D eigenvalue weighted by atomic mass is 16.4. The Morgan fingerprint density at radius 2 is 1.88 bits per heavy atom. The Kier molecular flexibility index (Phi) is 4.43. The van der Waals surface area contributed by atoms with E-state index in [4.69, 9.17) is 5.11 Å². The van der Waals surface area contributed by atoms with E-state index in [-0.39, 0.29) is 0 Å². The zero-order valence-electron chi connectivity index (χ0n) is 10.7. The summed E-state index contributed by atoms with van der Waals surface area (Å²) < 4.78 is 0. The maximum absolute atomic E-state index is 11.1. The molecule has 5 nitrogen and oxygen atoms in total. The van der Waals surface area contributed by atoms with Gasteiger partial charge in [-0.3, -0.25) is 0 Å². The number of aryl methyl sites for hydroxylation is 2. The minimum absolute atomic E-state index is 0.300. The summed E-state index contributed by atoms with van der Waals surface area (Å²) in [6, 6.07) is 1.21. The van der Waals surface area contributed by atoms with Crippen LogP contribution in [-0.2, 0) is 4.79 Å². The van der Waals surface area contributed by atoms with Gasteiger partial charge in [-0.1, -0.05) is 13.8 Å². The predicted octanol–water partition coefficient (Wildman–Crippen LogP) is 2.00. The number of anilines is 1. The molecule has 0 aromatic carbocycles. The first-order valence-corrected chi connectivity index (χ1v) is 5.70. The number of aromatic nitrogens is 2. The lowest BCUT2D eigenvalue weighted by Gasteiger charge is -2.16. The molecule has 0 aliphatic carbocycles. The molecule has 0 spiro atoms. The summed E-state index contributed by atoms with van der Waals surface area (Å²) in [5, 5.41) is 12.0. The topological polar surface area (TPSA) is 75.1 Å². The van der Waals surface area contributed by atoms with Gasteiger partial charge in [-0.05, 0) is 32.3 Å². The van der Waals surface area contributed by atoms with Crippen LogP contribution < -0.4 is 5.32 Å². The van der Waals surface area contributed by atoms with Crippen LogP contribution in [0.1, 0.15) is 31.7 Å². The molecule has 0 fully saturated rings. The summed E-state index contributed by atoms with van der Waals surface area (Å²) >= 11 is 0. The first-order chi connectivity index (χ1) is 7.88. The van der Waals surface area contributed by atoms with Gasteiger partial charge in [-0.2, -0.15) is 0 Å². The van der Waals surface area contributed by atoms with Gasteiger partial charge in [0.2, 0.25) is 5.95 Å². The smallest absolute Gasteiger partial charge is 0.326 e. The van der Waals surface area contributed by atoms with Crippen LogP contribution in [0.5, 0.6) is 0 Å². The molecule has 0 saturated heterocycles. The van der Waals surface area contributed by atoms with Crippen molar-refractivity contribution in [2.45, 2.75) is 40.2 Å². The number of hydrogen-bond donors (Lipinski definition) is 2. The van der Waals surface area contributed by atoms with E-state index in [1.54, 1.807) is 0 Å². The zero-order valence-corrected chi connectivity index (χ0v) is 10.7. The fourth-order valence-corrected chi connectivity index (χ4v) is 1.64. The third kappa shape index (κ3) is 4.38. The number of carbonyl (C=O) groups is 1. The van der Waals surface area contributed by atoms with Crippen LogP contribution >= 0.6 is 0 Å². The molecule has 0 aliphatic rings. The molecule has 5 heteroatoms. The van der Waals surface area contributed by atoms with Crippen molar-refractivity contribution in [1.29, 1.82) is 0 Å². The average molecular weight is 237 g/mol. The highest BCUT2D eigenvalue weighted by Crippen LogP contribution is 2.11. The largest absolute Gasteiger partial charge is 0.480 e. The first-order valence-electron chi connectivity index (χ1n) is 5.70. The van der Waals surface area contributed by atoms with Crippen LogP contribution in [0, 0.1) is 19.8 Å². The lowest BCUT2D eigenvalue weighted by atomic mass is 10.0. The third-order valence-electron chi connectivity index (χ3n) is 2.29. The van der Waals surface area contributed by atoms with E-state index in [0.29, 0.717) is 18.3 Å². The fourth-order valence-electron chi connectivity index (χ4n) is 1.64. The highest BCUT2D eigenvalue weighted by Gasteiger charge is 2.19. The Morgan fingerprint density at radius 3 is 2.29 bits per heavy atom. The Hall–Kier alpha value is -1.65. The Morgan fingerprint density at radius 1 is 1.35 bits per heavy atom. The fraction of sp³-hybridized carbons (Fsp3) is 0.583. The number of nitrogens with one attached hydrogen (secondary N) is 1. The van der Waals surface area contributed by atoms with Gasteiger partial charge >= 0.3 is 5.97 Å². The van der Waals surface area contributed by atoms with Crippen molar-refractivity contribution in [3.63, 3.8) is 0 Å². The molecule has 94 valence electrons. The normalized spacial score (nSPS) is 12.5. The van der Waals surface area contributed by atoms with Gasteiger partial charge in [0.05, 0.1) is 0 Å². The van der Waals surface area contributed by atoms with Crippen LogP contribution in [0.2, 0.25) is 0 Å². The van der Waals surface area contributed by atoms with Crippen molar-refractivity contribution in [2.75, 3.05) is 5.32 Å². The standard InChI is InChI=1S/C12H19N3O2/c1-7(2)5-10(11(16)17)15-12-13-8(3)6-9(4)14-12/h6-7,10H,5H2,1-4H3,(H,16,17)(H,13,14,15). The molecule has 0 saturated carbocycles. The number of aliphatic carboxylic acids is 1. The number of carboxylic acids is 1. The van der Waals surface area contributed by atoms with Gasteiger partial charge in [-0.15, -0.1) is 0 Å². The Balaban J connectivity index is 2.82. The molecule has 0 amide bonds. The zero-order chi connectivity index (χ0) is 13.0. The minimum atomic E-state index is -0.874. The molecule has 0 radical (unpaired) electrons. The third-order valence-corrected chi connectivity index (χ3v) is 2.29. The van der Waals surface area contributed by atoms with Crippen molar-refractivity contribution in [1.82, 2.24) is 9.97 Å². The Labute approximate surface area is 101 Å². The van der Waals surface area contributed by atoms with Crippen molar-refractivity contribution in [3.8, 4) is 0 Å². The van der Waals surface area contributed by atoms with Crippen LogP contribution in [0.4, 0.5) is 5.95 Å². The van der Waals surface area contributed by atoms with E-state index < -0.39 is 12.0 Å². The molecule has 1 rings (SSSR count). The molecule has 2 N–H and O–H groups in total. The van der Waals surface area contributed by atoms with Gasteiger partial charge in [0, 0.05) is 11.4 Å². The van der Waals surface area contributed by atoms with E-state index in [1.807, 2.05) is 33.8 Å². The molecular weight excluding hydrogens is 218 g/mol. The van der Waals surface area contributed by atoms with E-state index in [1.165, 1.54) is 0 Å². The van der Waals surface area contributed by atoms with Crippen LogP contribution in [-0.4, -0.2) is 27.1 Å². The molecule has 1 heterocycles. The summed E-state index contributed by atoms with van der Waals surface area (Å²) in [7, 11) is 0. The van der Waals surface area contributed by atoms with Crippen molar-refractivity contribution < 1.29 is 9.90 Å². The molecule has 1 unspecified atom stereocenters. The summed E-state index contributed by atoms with van der Waals surface area (Å²) in [6.07, 6.45) is 0.547. The predicted molar refractivity (Wildman–Crippen MR) is 66.0 cm³/mol. The maximum Gasteiger partial charge on any atom is 0.326 e. The lowest BCUT2D eigenvalue weighted by Crippen LogP contribution is -2.31. The number of carboxylic acid groups (broad SMARTS) is 1. The van der Waals surface area contributed by atoms with Crippen LogP contribution in [0.15, 0.2) is 6.07 Å². The number of hydrogen-bond acceptors (Lipinski definition) is 4. The van der Waals surface area contributed by atoms with Crippen molar-refractivity contribution in [3.05, 3.63) is 17.5 Å². The molecule has 17 heavy (non-hydrogen) atoms. The van der Waals surface area contributed by atoms with Gasteiger partial charge in [-0.25, -0.2) is 14.8 Å². The summed E-state index contributed by atoms with van der Waals surface area (Å²) in [5.41, 5.74) is 1.65. The van der Waals surface area contributed by atoms with Crippen LogP contribution in [0.25, 0.3) is 0 Å². The van der Waals surface area contributed by atoms with Crippen molar-refractivity contribution in [2.24, 2.45) is 5.92 Å². The molecule has 0 aliphatic heterocycles. The van der Waals surface area contributed by atoms with E-state index >= 15 is 0 Å². The lowest BCUT2D eigenvalue weighted by molar-refractivity contribution is -0.138. The van der Waals surface area contributed by atoms with Gasteiger partial charge in [0.1, 0.15) is 6.04 Å². The minimum Gasteiger partial charge on any atom is -0.480 e.